The summed E-state index contributed by atoms with van der Waals surface area (Å²) in [7, 11) is 0. The van der Waals surface area contributed by atoms with E-state index in [9.17, 15) is 40.2 Å². The lowest BCUT2D eigenvalue weighted by Gasteiger charge is -2.43. The number of hydrogen-bond acceptors (Lipinski definition) is 15. The van der Waals surface area contributed by atoms with Gasteiger partial charge in [-0.3, -0.25) is 4.79 Å². The van der Waals surface area contributed by atoms with Gasteiger partial charge in [0, 0.05) is 37.2 Å². The lowest BCUT2D eigenvalue weighted by Crippen LogP contribution is -2.60. The van der Waals surface area contributed by atoms with Crippen LogP contribution in [0.15, 0.2) is 96.7 Å². The predicted octanol–water partition coefficient (Wildman–Crippen LogP) is 4.62. The molecule has 16 heteroatoms. The first kappa shape index (κ1) is 54.7. The number of esters is 1. The van der Waals surface area contributed by atoms with Crippen molar-refractivity contribution in [1.29, 1.82) is 0 Å². The minimum absolute atomic E-state index is 0.0148. The molecular weight excluding hydrogens is 893 g/mol. The third-order valence-electron chi connectivity index (χ3n) is 14.1. The highest BCUT2D eigenvalue weighted by Gasteiger charge is 2.48. The van der Waals surface area contributed by atoms with Gasteiger partial charge in [0.15, 0.2) is 12.4 Å². The summed E-state index contributed by atoms with van der Waals surface area (Å²) >= 11 is 0. The van der Waals surface area contributed by atoms with Crippen molar-refractivity contribution < 1.29 is 78.5 Å². The third-order valence-corrected chi connectivity index (χ3v) is 14.1. The summed E-state index contributed by atoms with van der Waals surface area (Å²) in [5, 5.41) is 73.8. The lowest BCUT2D eigenvalue weighted by molar-refractivity contribution is -0.316. The highest BCUT2D eigenvalue weighted by molar-refractivity contribution is 5.82. The van der Waals surface area contributed by atoms with E-state index in [-0.39, 0.29) is 61.1 Å². The number of unbranched alkanes of at least 4 members (excludes halogenated alkanes) is 1. The SMILES string of the molecule is C/C(=C\[C@H](C)CCCCC(=O)O)[C@H]1O[C@@H]2C=CC1OC(=O)\C=C/C=C\C=C\C1OC3CC1O[C@@H](/C=C/CC1OC(CC(O)C1C)[C@@H](O)[C@@H](OC1OC(CO)C(O)C(O)C1O)/C=C/CC/C=C/C2)C3C. The fraction of sp³-hybridized carbons (Fsp3) is 0.660. The van der Waals surface area contributed by atoms with Crippen LogP contribution in [-0.4, -0.2) is 158 Å². The molecule has 4 fully saturated rings. The zero-order chi connectivity index (χ0) is 49.6. The van der Waals surface area contributed by atoms with Crippen molar-refractivity contribution in [3.8, 4) is 0 Å². The Labute approximate surface area is 406 Å². The molecular formula is C53H76O16. The smallest absolute Gasteiger partial charge is 0.331 e. The number of aliphatic hydroxyl groups excluding tert-OH is 6. The van der Waals surface area contributed by atoms with E-state index in [2.05, 4.69) is 19.9 Å². The first-order valence-electron chi connectivity index (χ1n) is 24.9. The Bertz CT molecular complexity index is 1890. The topological polar surface area (TPSA) is 240 Å². The Balaban J connectivity index is 1.22. The number of carbonyl (C=O) groups excluding carboxylic acids is 1. The molecule has 0 amide bonds. The monoisotopic (exact) mass is 969 g/mol. The van der Waals surface area contributed by atoms with E-state index in [0.29, 0.717) is 32.1 Å². The van der Waals surface area contributed by atoms with Gasteiger partial charge in [0.2, 0.25) is 0 Å². The fourth-order valence-electron chi connectivity index (χ4n) is 9.83. The van der Waals surface area contributed by atoms with Gasteiger partial charge in [0.25, 0.3) is 0 Å². The number of carboxylic acid groups (broad SMARTS) is 1. The number of aliphatic hydroxyl groups is 6. The van der Waals surface area contributed by atoms with E-state index < -0.39 is 92.0 Å². The van der Waals surface area contributed by atoms with E-state index in [4.69, 9.17) is 38.3 Å². The van der Waals surface area contributed by atoms with E-state index in [1.807, 2.05) is 68.5 Å². The molecule has 0 aromatic carbocycles. The zero-order valence-electron chi connectivity index (χ0n) is 40.3. The van der Waals surface area contributed by atoms with Crippen LogP contribution in [0.25, 0.3) is 0 Å². The van der Waals surface area contributed by atoms with E-state index >= 15 is 0 Å². The molecule has 7 bridgehead atoms. The molecule has 69 heavy (non-hydrogen) atoms. The van der Waals surface area contributed by atoms with Crippen molar-refractivity contribution in [3.05, 3.63) is 96.7 Å². The molecule has 0 radical (unpaired) electrons. The van der Waals surface area contributed by atoms with Crippen molar-refractivity contribution in [2.45, 2.75) is 196 Å². The van der Waals surface area contributed by atoms with Gasteiger partial charge in [-0.05, 0) is 63.0 Å². The summed E-state index contributed by atoms with van der Waals surface area (Å²) in [6, 6.07) is 0. The van der Waals surface area contributed by atoms with Crippen molar-refractivity contribution in [3.63, 3.8) is 0 Å². The van der Waals surface area contributed by atoms with Gasteiger partial charge < -0.3 is 68.9 Å². The summed E-state index contributed by atoms with van der Waals surface area (Å²) in [5.41, 5.74) is 0.901. The molecule has 0 aromatic rings. The van der Waals surface area contributed by atoms with Crippen LogP contribution in [0.2, 0.25) is 0 Å². The number of fused-ring (bicyclic) bond motifs is 13. The second-order valence-corrected chi connectivity index (χ2v) is 19.5. The molecule has 0 saturated carbocycles. The summed E-state index contributed by atoms with van der Waals surface area (Å²) in [6.07, 6.45) is 18.2. The third kappa shape index (κ3) is 15.4. The average molecular weight is 969 g/mol. The number of rotatable bonds is 10. The number of ether oxygens (including phenoxy) is 7. The Morgan fingerprint density at radius 2 is 1.49 bits per heavy atom. The van der Waals surface area contributed by atoms with Crippen molar-refractivity contribution in [2.75, 3.05) is 6.61 Å². The molecule has 4 saturated heterocycles. The molecule has 20 atom stereocenters. The van der Waals surface area contributed by atoms with Gasteiger partial charge >= 0.3 is 11.9 Å². The molecule has 7 aliphatic heterocycles. The fourth-order valence-corrected chi connectivity index (χ4v) is 9.83. The van der Waals surface area contributed by atoms with Crippen molar-refractivity contribution >= 4 is 11.9 Å². The van der Waals surface area contributed by atoms with E-state index in [1.165, 1.54) is 6.08 Å². The largest absolute Gasteiger partial charge is 0.481 e. The molecule has 0 spiro atoms. The summed E-state index contributed by atoms with van der Waals surface area (Å²) < 4.78 is 43.7. The number of carboxylic acids is 1. The number of hydrogen-bond donors (Lipinski definition) is 7. The molecule has 384 valence electrons. The van der Waals surface area contributed by atoms with Crippen LogP contribution in [-0.2, 0) is 42.7 Å². The quantitative estimate of drug-likeness (QED) is 0.0898. The highest BCUT2D eigenvalue weighted by Crippen LogP contribution is 2.39. The van der Waals surface area contributed by atoms with Crippen LogP contribution in [0.4, 0.5) is 0 Å². The Kier molecular flexibility index (Phi) is 21.2. The van der Waals surface area contributed by atoms with Gasteiger partial charge in [0.05, 0.1) is 49.3 Å². The van der Waals surface area contributed by atoms with Gasteiger partial charge in [0.1, 0.15) is 48.8 Å². The minimum atomic E-state index is -1.70. The highest BCUT2D eigenvalue weighted by atomic mass is 16.7. The molecule has 7 N–H and O–H groups in total. The van der Waals surface area contributed by atoms with Crippen LogP contribution in [0.1, 0.15) is 91.9 Å². The van der Waals surface area contributed by atoms with Gasteiger partial charge in [-0.15, -0.1) is 0 Å². The Hall–Kier alpha value is -3.62. The van der Waals surface area contributed by atoms with Crippen LogP contribution < -0.4 is 0 Å². The van der Waals surface area contributed by atoms with Crippen molar-refractivity contribution in [1.82, 2.24) is 0 Å². The molecule has 0 aliphatic carbocycles. The van der Waals surface area contributed by atoms with Gasteiger partial charge in [-0.1, -0.05) is 106 Å². The summed E-state index contributed by atoms with van der Waals surface area (Å²) in [4.78, 5) is 24.1. The standard InChI is InChI=1S/C53H76O16/c1-31(17-14-15-23-46(56)57)27-32(2)52-41-26-25-35(63-52)18-10-6-5-7-12-20-40(68-53-51(62)50(61)49(60)45(30-54)69-53)48(59)44-28-36(55)33(3)37(65-44)21-16-22-38-34(4)42-29-43(64-38)39(66-42)19-11-8-9-13-24-47(58)67-41/h6,8-13,16,19-20,22,24-27,31,33-45,48-55,59-62H,5,7,14-15,17-18,21,23,28-30H2,1-4H3,(H,56,57)/b9-8-,10-6+,19-11+,20-12+,22-16+,24-13-,32-27+/t31-,33?,34?,35+,36?,37?,38+,39?,40+,41?,42?,43?,44?,45?,48+,49?,50?,51?,52-,53?/m1/s1. The first-order chi connectivity index (χ1) is 33.1. The average Bonchev–Trinajstić information content (AvgIpc) is 3.67. The maximum atomic E-state index is 13.1. The van der Waals surface area contributed by atoms with Gasteiger partial charge in [-0.25, -0.2) is 4.79 Å². The van der Waals surface area contributed by atoms with E-state index in [0.717, 1.165) is 24.8 Å². The first-order valence-corrected chi connectivity index (χ1v) is 24.9. The molecule has 7 rings (SSSR count). The van der Waals surface area contributed by atoms with Crippen LogP contribution in [0.5, 0.6) is 0 Å². The van der Waals surface area contributed by atoms with Crippen LogP contribution in [0.3, 0.4) is 0 Å². The molecule has 14 unspecified atom stereocenters. The normalized spacial score (nSPS) is 43.7. The summed E-state index contributed by atoms with van der Waals surface area (Å²) in [5.74, 6) is -1.39. The number of allylic oxidation sites excluding steroid dienone is 7. The lowest BCUT2D eigenvalue weighted by atomic mass is 9.85. The van der Waals surface area contributed by atoms with Crippen LogP contribution in [0, 0.1) is 17.8 Å². The maximum absolute atomic E-state index is 13.1. The van der Waals surface area contributed by atoms with Crippen molar-refractivity contribution in [2.24, 2.45) is 17.8 Å². The minimum Gasteiger partial charge on any atom is -0.481 e. The summed E-state index contributed by atoms with van der Waals surface area (Å²) in [6.45, 7) is 7.36. The second-order valence-electron chi connectivity index (χ2n) is 19.5. The Morgan fingerprint density at radius 3 is 2.28 bits per heavy atom. The maximum Gasteiger partial charge on any atom is 0.331 e. The number of aliphatic carboxylic acids is 1. The second kappa shape index (κ2) is 26.7. The zero-order valence-corrected chi connectivity index (χ0v) is 40.3. The Morgan fingerprint density at radius 1 is 0.725 bits per heavy atom. The molecule has 16 nitrogen and oxygen atoms in total. The molecule has 7 aliphatic rings. The van der Waals surface area contributed by atoms with Crippen LogP contribution >= 0.6 is 0 Å². The number of carbonyl (C=O) groups is 2. The van der Waals surface area contributed by atoms with Gasteiger partial charge in [-0.2, -0.15) is 0 Å². The predicted molar refractivity (Wildman–Crippen MR) is 254 cm³/mol. The molecule has 0 aromatic heterocycles. The molecule has 7 heterocycles. The van der Waals surface area contributed by atoms with E-state index in [1.54, 1.807) is 24.3 Å².